The van der Waals surface area contributed by atoms with Gasteiger partial charge >= 0.3 is 0 Å². The van der Waals surface area contributed by atoms with Gasteiger partial charge in [0, 0.05) is 6.54 Å². The van der Waals surface area contributed by atoms with Crippen LogP contribution in [0.25, 0.3) is 0 Å². The molecular formula is C9H15N3O. The maximum Gasteiger partial charge on any atom is 0.271 e. The molecule has 1 saturated heterocycles. The van der Waals surface area contributed by atoms with E-state index in [1.54, 1.807) is 0 Å². The first-order chi connectivity index (χ1) is 6.22. The highest BCUT2D eigenvalue weighted by Gasteiger charge is 2.38. The second-order valence-corrected chi connectivity index (χ2v) is 3.82. The molecule has 0 aliphatic carbocycles. The van der Waals surface area contributed by atoms with Crippen molar-refractivity contribution in [1.82, 2.24) is 4.90 Å². The lowest BCUT2D eigenvalue weighted by atomic mass is 9.89. The van der Waals surface area contributed by atoms with Crippen LogP contribution in [0.15, 0.2) is 4.99 Å². The van der Waals surface area contributed by atoms with Gasteiger partial charge in [0.1, 0.15) is 6.04 Å². The molecule has 4 heteroatoms. The van der Waals surface area contributed by atoms with Crippen LogP contribution in [0.2, 0.25) is 0 Å². The van der Waals surface area contributed by atoms with E-state index in [2.05, 4.69) is 11.9 Å². The molecule has 0 aromatic rings. The number of amides is 1. The smallest absolute Gasteiger partial charge is 0.271 e. The monoisotopic (exact) mass is 181 g/mol. The van der Waals surface area contributed by atoms with Crippen molar-refractivity contribution < 1.29 is 4.79 Å². The molecule has 0 radical (unpaired) electrons. The van der Waals surface area contributed by atoms with Crippen LogP contribution in [0.1, 0.15) is 26.2 Å². The predicted molar refractivity (Wildman–Crippen MR) is 50.1 cm³/mol. The number of guanidine groups is 1. The van der Waals surface area contributed by atoms with Crippen molar-refractivity contribution in [3.8, 4) is 0 Å². The lowest BCUT2D eigenvalue weighted by Gasteiger charge is -2.33. The number of nitrogens with two attached hydrogens (primary N) is 1. The van der Waals surface area contributed by atoms with Gasteiger partial charge in [-0.2, -0.15) is 4.99 Å². The molecule has 0 saturated carbocycles. The van der Waals surface area contributed by atoms with Gasteiger partial charge in [0.05, 0.1) is 0 Å². The van der Waals surface area contributed by atoms with Crippen LogP contribution in [0, 0.1) is 5.92 Å². The van der Waals surface area contributed by atoms with Crippen LogP contribution in [-0.4, -0.2) is 29.4 Å². The van der Waals surface area contributed by atoms with Gasteiger partial charge in [-0.05, 0) is 18.8 Å². The van der Waals surface area contributed by atoms with E-state index in [4.69, 9.17) is 5.73 Å². The molecule has 4 nitrogen and oxygen atoms in total. The Hall–Kier alpha value is -1.06. The number of carbonyl (C=O) groups is 1. The minimum atomic E-state index is -0.0457. The summed E-state index contributed by atoms with van der Waals surface area (Å²) in [5, 5.41) is 0. The van der Waals surface area contributed by atoms with E-state index in [1.807, 2.05) is 4.90 Å². The van der Waals surface area contributed by atoms with Crippen LogP contribution in [0.5, 0.6) is 0 Å². The molecule has 2 unspecified atom stereocenters. The van der Waals surface area contributed by atoms with E-state index in [0.29, 0.717) is 11.9 Å². The van der Waals surface area contributed by atoms with Gasteiger partial charge < -0.3 is 10.6 Å². The normalized spacial score (nSPS) is 33.2. The second-order valence-electron chi connectivity index (χ2n) is 3.82. The van der Waals surface area contributed by atoms with Gasteiger partial charge in [0.15, 0.2) is 5.96 Å². The highest BCUT2D eigenvalue weighted by atomic mass is 16.2. The number of hydrogen-bond acceptors (Lipinski definition) is 3. The Morgan fingerprint density at radius 3 is 3.15 bits per heavy atom. The van der Waals surface area contributed by atoms with Gasteiger partial charge in [-0.25, -0.2) is 0 Å². The lowest BCUT2D eigenvalue weighted by Crippen LogP contribution is -2.47. The van der Waals surface area contributed by atoms with Crippen LogP contribution < -0.4 is 5.73 Å². The van der Waals surface area contributed by atoms with E-state index >= 15 is 0 Å². The maximum atomic E-state index is 11.4. The first-order valence-corrected chi connectivity index (χ1v) is 4.87. The predicted octanol–water partition coefficient (Wildman–Crippen LogP) is 0.332. The lowest BCUT2D eigenvalue weighted by molar-refractivity contribution is -0.121. The topological polar surface area (TPSA) is 58.7 Å². The van der Waals surface area contributed by atoms with Gasteiger partial charge in [0.25, 0.3) is 5.91 Å². The zero-order valence-corrected chi connectivity index (χ0v) is 7.86. The number of aliphatic imine (C=N–C) groups is 1. The Morgan fingerprint density at radius 2 is 2.46 bits per heavy atom. The maximum absolute atomic E-state index is 11.4. The molecule has 0 bridgehead atoms. The molecule has 2 aliphatic heterocycles. The van der Waals surface area contributed by atoms with Crippen LogP contribution in [-0.2, 0) is 4.79 Å². The number of carbonyl (C=O) groups excluding carboxylic acids is 1. The van der Waals surface area contributed by atoms with Gasteiger partial charge in [-0.1, -0.05) is 13.3 Å². The van der Waals surface area contributed by atoms with Crippen molar-refractivity contribution in [2.45, 2.75) is 32.2 Å². The first kappa shape index (κ1) is 8.53. The number of piperidine rings is 1. The largest absolute Gasteiger partial charge is 0.369 e. The summed E-state index contributed by atoms with van der Waals surface area (Å²) in [6, 6.07) is -0.0429. The third-order valence-electron chi connectivity index (χ3n) is 3.09. The fourth-order valence-corrected chi connectivity index (χ4v) is 2.17. The van der Waals surface area contributed by atoms with E-state index in [0.717, 1.165) is 25.8 Å². The van der Waals surface area contributed by atoms with Crippen LogP contribution >= 0.6 is 0 Å². The molecule has 1 amide bonds. The van der Waals surface area contributed by atoms with Crippen molar-refractivity contribution in [2.75, 3.05) is 6.54 Å². The standard InChI is InChI=1S/C9H15N3O/c1-2-6-3-4-12-7(5-6)8(13)11-9(12)10/h6-7H,2-5H2,1H3,(H2,10,11,13). The summed E-state index contributed by atoms with van der Waals surface area (Å²) in [7, 11) is 0. The SMILES string of the molecule is CCC1CCN2C(N)=NC(=O)C2C1. The number of fused-ring (bicyclic) bond motifs is 1. The fourth-order valence-electron chi connectivity index (χ4n) is 2.17. The highest BCUT2D eigenvalue weighted by molar-refractivity contribution is 6.02. The van der Waals surface area contributed by atoms with E-state index in [9.17, 15) is 4.79 Å². The average Bonchev–Trinajstić information content (AvgIpc) is 2.42. The third kappa shape index (κ3) is 1.30. The van der Waals surface area contributed by atoms with E-state index in [1.165, 1.54) is 0 Å². The van der Waals surface area contributed by atoms with Crippen molar-refractivity contribution >= 4 is 11.9 Å². The molecule has 13 heavy (non-hydrogen) atoms. The van der Waals surface area contributed by atoms with Crippen LogP contribution in [0.3, 0.4) is 0 Å². The van der Waals surface area contributed by atoms with E-state index < -0.39 is 0 Å². The van der Waals surface area contributed by atoms with Crippen molar-refractivity contribution in [2.24, 2.45) is 16.6 Å². The minimum absolute atomic E-state index is 0.0429. The summed E-state index contributed by atoms with van der Waals surface area (Å²) < 4.78 is 0. The molecule has 2 heterocycles. The molecular weight excluding hydrogens is 166 g/mol. The Morgan fingerprint density at radius 1 is 1.69 bits per heavy atom. The second kappa shape index (κ2) is 3.01. The first-order valence-electron chi connectivity index (χ1n) is 4.87. The molecule has 0 aromatic heterocycles. The van der Waals surface area contributed by atoms with Gasteiger partial charge in [-0.15, -0.1) is 0 Å². The Bertz CT molecular complexity index is 262. The average molecular weight is 181 g/mol. The summed E-state index contributed by atoms with van der Waals surface area (Å²) in [5.74, 6) is 1.05. The molecule has 0 spiro atoms. The molecule has 72 valence electrons. The van der Waals surface area contributed by atoms with Crippen molar-refractivity contribution in [1.29, 1.82) is 0 Å². The molecule has 2 rings (SSSR count). The molecule has 2 N–H and O–H groups in total. The van der Waals surface area contributed by atoms with Gasteiger partial charge in [0.2, 0.25) is 0 Å². The Labute approximate surface area is 77.8 Å². The Kier molecular flexibility index (Phi) is 1.98. The number of nitrogens with zero attached hydrogens (tertiary/aromatic N) is 2. The molecule has 2 atom stereocenters. The number of hydrogen-bond donors (Lipinski definition) is 1. The van der Waals surface area contributed by atoms with Crippen LogP contribution in [0.4, 0.5) is 0 Å². The summed E-state index contributed by atoms with van der Waals surface area (Å²) in [6.45, 7) is 3.06. The zero-order valence-electron chi connectivity index (χ0n) is 7.86. The highest BCUT2D eigenvalue weighted by Crippen LogP contribution is 2.28. The fraction of sp³-hybridized carbons (Fsp3) is 0.778. The summed E-state index contributed by atoms with van der Waals surface area (Å²) in [5.41, 5.74) is 5.62. The van der Waals surface area contributed by atoms with Crippen molar-refractivity contribution in [3.05, 3.63) is 0 Å². The summed E-state index contributed by atoms with van der Waals surface area (Å²) in [4.78, 5) is 17.1. The molecule has 1 fully saturated rings. The van der Waals surface area contributed by atoms with Crippen molar-refractivity contribution in [3.63, 3.8) is 0 Å². The minimum Gasteiger partial charge on any atom is -0.369 e. The third-order valence-corrected chi connectivity index (χ3v) is 3.09. The number of rotatable bonds is 1. The van der Waals surface area contributed by atoms with Gasteiger partial charge in [-0.3, -0.25) is 4.79 Å². The quantitative estimate of drug-likeness (QED) is 0.634. The molecule has 2 aliphatic rings. The molecule has 0 aromatic carbocycles. The van der Waals surface area contributed by atoms with E-state index in [-0.39, 0.29) is 11.9 Å². The summed E-state index contributed by atoms with van der Waals surface area (Å²) >= 11 is 0. The zero-order chi connectivity index (χ0) is 9.42. The summed E-state index contributed by atoms with van der Waals surface area (Å²) in [6.07, 6.45) is 3.22. The Balaban J connectivity index is 2.10.